The van der Waals surface area contributed by atoms with Gasteiger partial charge >= 0.3 is 5.97 Å². The van der Waals surface area contributed by atoms with Crippen LogP contribution in [-0.2, 0) is 30.4 Å². The smallest absolute Gasteiger partial charge is 0.324 e. The summed E-state index contributed by atoms with van der Waals surface area (Å²) >= 11 is 0. The maximum atomic E-state index is 12.2. The molecule has 1 aliphatic heterocycles. The molecule has 0 N–H and O–H groups in total. The number of ether oxygens (including phenoxy) is 3. The molecule has 1 saturated heterocycles. The third kappa shape index (κ3) is 3.68. The Morgan fingerprint density at radius 2 is 2.10 bits per heavy atom. The Hall–Kier alpha value is -1.72. The third-order valence-corrected chi connectivity index (χ3v) is 3.48. The van der Waals surface area contributed by atoms with Gasteiger partial charge in [-0.15, -0.1) is 0 Å². The van der Waals surface area contributed by atoms with Crippen LogP contribution in [0.5, 0.6) is 0 Å². The maximum Gasteiger partial charge on any atom is 0.324 e. The predicted octanol–water partition coefficient (Wildman–Crippen LogP) is 1.74. The van der Waals surface area contributed by atoms with Crippen molar-refractivity contribution in [2.45, 2.75) is 20.0 Å². The van der Waals surface area contributed by atoms with Gasteiger partial charge in [0, 0.05) is 6.42 Å². The van der Waals surface area contributed by atoms with Gasteiger partial charge in [0.25, 0.3) is 0 Å². The van der Waals surface area contributed by atoms with E-state index < -0.39 is 11.4 Å². The highest BCUT2D eigenvalue weighted by molar-refractivity contribution is 6.04. The van der Waals surface area contributed by atoms with E-state index in [0.29, 0.717) is 13.2 Å². The largest absolute Gasteiger partial charge is 0.465 e. The predicted molar refractivity (Wildman–Crippen MR) is 75.6 cm³/mol. The molecule has 0 bridgehead atoms. The molecule has 0 aromatic heterocycles. The first-order chi connectivity index (χ1) is 10.2. The van der Waals surface area contributed by atoms with Crippen molar-refractivity contribution in [2.24, 2.45) is 5.41 Å². The summed E-state index contributed by atoms with van der Waals surface area (Å²) in [5.74, 6) is -0.719. The minimum absolute atomic E-state index is 0.0143. The number of esters is 1. The van der Waals surface area contributed by atoms with E-state index in [1.165, 1.54) is 0 Å². The van der Waals surface area contributed by atoms with E-state index in [-0.39, 0.29) is 32.0 Å². The molecule has 1 aromatic rings. The lowest BCUT2D eigenvalue weighted by Gasteiger charge is -2.32. The number of benzene rings is 1. The Morgan fingerprint density at radius 3 is 2.76 bits per heavy atom. The van der Waals surface area contributed by atoms with E-state index in [4.69, 9.17) is 14.2 Å². The normalized spacial score (nSPS) is 22.0. The fraction of sp³-hybridized carbons (Fsp3) is 0.500. The molecule has 0 saturated carbocycles. The highest BCUT2D eigenvalue weighted by Crippen LogP contribution is 2.28. The van der Waals surface area contributed by atoms with Gasteiger partial charge in [0.2, 0.25) is 0 Å². The zero-order valence-corrected chi connectivity index (χ0v) is 12.2. The van der Waals surface area contributed by atoms with Crippen molar-refractivity contribution in [3.63, 3.8) is 0 Å². The lowest BCUT2D eigenvalue weighted by Crippen LogP contribution is -2.51. The molecule has 0 aliphatic carbocycles. The Bertz CT molecular complexity index is 485. The topological polar surface area (TPSA) is 61.8 Å². The molecular weight excluding hydrogens is 272 g/mol. The summed E-state index contributed by atoms with van der Waals surface area (Å²) in [7, 11) is 0. The number of rotatable bonds is 6. The molecule has 1 heterocycles. The standard InChI is InChI=1S/C16H20O5/c1-2-21-15(18)16(11-19-9-8-14(16)17)12-20-10-13-6-4-3-5-7-13/h3-7H,2,8-12H2,1H3. The Kier molecular flexibility index (Phi) is 5.47. The van der Waals surface area contributed by atoms with Crippen LogP contribution < -0.4 is 0 Å². The van der Waals surface area contributed by atoms with Crippen LogP contribution in [0.15, 0.2) is 30.3 Å². The molecule has 2 rings (SSSR count). The van der Waals surface area contributed by atoms with Gasteiger partial charge in [-0.05, 0) is 12.5 Å². The number of hydrogen-bond acceptors (Lipinski definition) is 5. The lowest BCUT2D eigenvalue weighted by atomic mass is 9.82. The summed E-state index contributed by atoms with van der Waals surface area (Å²) < 4.78 is 16.0. The Morgan fingerprint density at radius 1 is 1.33 bits per heavy atom. The Balaban J connectivity index is 2.02. The molecule has 21 heavy (non-hydrogen) atoms. The van der Waals surface area contributed by atoms with Gasteiger partial charge in [-0.3, -0.25) is 9.59 Å². The van der Waals surface area contributed by atoms with Crippen molar-refractivity contribution >= 4 is 11.8 Å². The van der Waals surface area contributed by atoms with Crippen molar-refractivity contribution in [2.75, 3.05) is 26.4 Å². The van der Waals surface area contributed by atoms with Gasteiger partial charge in [0.1, 0.15) is 0 Å². The van der Waals surface area contributed by atoms with Gasteiger partial charge < -0.3 is 14.2 Å². The van der Waals surface area contributed by atoms with Crippen molar-refractivity contribution in [1.82, 2.24) is 0 Å². The van der Waals surface area contributed by atoms with E-state index in [1.807, 2.05) is 30.3 Å². The zero-order valence-electron chi connectivity index (χ0n) is 12.2. The summed E-state index contributed by atoms with van der Waals surface area (Å²) in [5.41, 5.74) is -0.330. The molecule has 1 aliphatic rings. The van der Waals surface area contributed by atoms with Crippen LogP contribution in [0.2, 0.25) is 0 Å². The summed E-state index contributed by atoms with van der Waals surface area (Å²) in [4.78, 5) is 24.4. The lowest BCUT2D eigenvalue weighted by molar-refractivity contribution is -0.175. The SMILES string of the molecule is CCOC(=O)C1(COCc2ccccc2)COCCC1=O. The molecule has 5 heteroatoms. The second kappa shape index (κ2) is 7.33. The molecule has 5 nitrogen and oxygen atoms in total. The summed E-state index contributed by atoms with van der Waals surface area (Å²) in [6.45, 7) is 2.64. The van der Waals surface area contributed by atoms with Crippen LogP contribution in [0.3, 0.4) is 0 Å². The van der Waals surface area contributed by atoms with Crippen LogP contribution >= 0.6 is 0 Å². The Labute approximate surface area is 124 Å². The zero-order chi connectivity index (χ0) is 15.1. The van der Waals surface area contributed by atoms with Gasteiger partial charge in [0.15, 0.2) is 11.2 Å². The number of ketones is 1. The number of carbonyl (C=O) groups excluding carboxylic acids is 2. The van der Waals surface area contributed by atoms with E-state index in [2.05, 4.69) is 0 Å². The maximum absolute atomic E-state index is 12.2. The molecule has 0 radical (unpaired) electrons. The molecule has 1 atom stereocenters. The molecule has 0 amide bonds. The van der Waals surface area contributed by atoms with E-state index in [1.54, 1.807) is 6.92 Å². The minimum Gasteiger partial charge on any atom is -0.465 e. The van der Waals surface area contributed by atoms with Gasteiger partial charge in [-0.2, -0.15) is 0 Å². The first-order valence-corrected chi connectivity index (χ1v) is 7.09. The second-order valence-corrected chi connectivity index (χ2v) is 5.01. The first kappa shape index (κ1) is 15.7. The average Bonchev–Trinajstić information content (AvgIpc) is 2.50. The van der Waals surface area contributed by atoms with Crippen LogP contribution in [0, 0.1) is 5.41 Å². The monoisotopic (exact) mass is 292 g/mol. The first-order valence-electron chi connectivity index (χ1n) is 7.09. The van der Waals surface area contributed by atoms with Crippen molar-refractivity contribution in [1.29, 1.82) is 0 Å². The fourth-order valence-corrected chi connectivity index (χ4v) is 2.27. The third-order valence-electron chi connectivity index (χ3n) is 3.48. The van der Waals surface area contributed by atoms with Crippen molar-refractivity contribution in [3.8, 4) is 0 Å². The molecule has 1 fully saturated rings. The average molecular weight is 292 g/mol. The van der Waals surface area contributed by atoms with Crippen LogP contribution in [-0.4, -0.2) is 38.2 Å². The van der Waals surface area contributed by atoms with Crippen molar-refractivity contribution < 1.29 is 23.8 Å². The summed E-state index contributed by atoms with van der Waals surface area (Å²) in [5, 5.41) is 0. The van der Waals surface area contributed by atoms with Gasteiger partial charge in [0.05, 0.1) is 33.0 Å². The molecule has 0 spiro atoms. The quantitative estimate of drug-likeness (QED) is 0.590. The van der Waals surface area contributed by atoms with E-state index in [0.717, 1.165) is 5.56 Å². The second-order valence-electron chi connectivity index (χ2n) is 5.01. The molecule has 1 aromatic carbocycles. The van der Waals surface area contributed by atoms with E-state index in [9.17, 15) is 9.59 Å². The fourth-order valence-electron chi connectivity index (χ4n) is 2.27. The molecule has 1 unspecified atom stereocenters. The van der Waals surface area contributed by atoms with Gasteiger partial charge in [-0.1, -0.05) is 30.3 Å². The van der Waals surface area contributed by atoms with Crippen molar-refractivity contribution in [3.05, 3.63) is 35.9 Å². The number of carbonyl (C=O) groups is 2. The molecule has 114 valence electrons. The molecular formula is C16H20O5. The highest BCUT2D eigenvalue weighted by atomic mass is 16.5. The van der Waals surface area contributed by atoms with Gasteiger partial charge in [-0.25, -0.2) is 0 Å². The van der Waals surface area contributed by atoms with E-state index >= 15 is 0 Å². The van der Waals surface area contributed by atoms with Crippen LogP contribution in [0.25, 0.3) is 0 Å². The van der Waals surface area contributed by atoms with Crippen LogP contribution in [0.4, 0.5) is 0 Å². The summed E-state index contributed by atoms with van der Waals surface area (Å²) in [6.07, 6.45) is 0.216. The van der Waals surface area contributed by atoms with Crippen LogP contribution in [0.1, 0.15) is 18.9 Å². The minimum atomic E-state index is -1.32. The summed E-state index contributed by atoms with van der Waals surface area (Å²) in [6, 6.07) is 9.60. The number of hydrogen-bond donors (Lipinski definition) is 0. The highest BCUT2D eigenvalue weighted by Gasteiger charge is 2.49. The number of Topliss-reactive ketones (excluding diaryl/α,β-unsaturated/α-hetero) is 1.